The average Bonchev–Trinajstić information content (AvgIpc) is 3.81. The Kier molecular flexibility index (Phi) is 14.5. The summed E-state index contributed by atoms with van der Waals surface area (Å²) in [5, 5.41) is 17.1. The summed E-state index contributed by atoms with van der Waals surface area (Å²) < 4.78 is 14.3. The quantitative estimate of drug-likeness (QED) is 0.0837. The first-order chi connectivity index (χ1) is 27.3. The van der Waals surface area contributed by atoms with Crippen LogP contribution in [0.2, 0.25) is 0 Å². The second-order valence-corrected chi connectivity index (χ2v) is 15.1. The molecule has 12 heteroatoms. The zero-order valence-corrected chi connectivity index (χ0v) is 36.2. The molecule has 0 N–H and O–H groups in total. The van der Waals surface area contributed by atoms with Crippen LogP contribution in [0.4, 0.5) is 0 Å². The lowest BCUT2D eigenvalue weighted by Crippen LogP contribution is -2.23. The Hall–Kier alpha value is -4.80. The molecule has 2 heterocycles. The average molecular weight is 814 g/mol. The Morgan fingerprint density at radius 2 is 1.09 bits per heavy atom. The van der Waals surface area contributed by atoms with Gasteiger partial charge in [-0.05, 0) is 116 Å². The van der Waals surface area contributed by atoms with Crippen LogP contribution in [-0.2, 0) is 44.4 Å². The van der Waals surface area contributed by atoms with Crippen molar-refractivity contribution in [3.63, 3.8) is 0 Å². The highest BCUT2D eigenvalue weighted by molar-refractivity contribution is 6.17. The standard InChI is InChI=1S/C23H28ClN3O2.C22H26ClN3O2/c1-6-27-20-11-10-19(15(4)22(20)25-26-27)21(16(5)23(28)29-7-2)17-9-8-14(3)18(12-17)13-24;1-6-28-22(27)15(4)20(16-8-7-13(2)17(11-16)12-23)18-9-10-19-21(14(18)3)24-25-26(19)5/h8-12,16,21H,6-7,13H2,1-5H3;7-11,15,20H,6,12H2,1-5H3/t16?,21-;15?,20-/m11/s1. The number of esters is 2. The summed E-state index contributed by atoms with van der Waals surface area (Å²) in [6, 6.07) is 20.7. The van der Waals surface area contributed by atoms with E-state index in [1.54, 1.807) is 4.68 Å². The van der Waals surface area contributed by atoms with Gasteiger partial charge in [0.2, 0.25) is 0 Å². The van der Waals surface area contributed by atoms with Gasteiger partial charge in [0.1, 0.15) is 11.0 Å². The summed E-state index contributed by atoms with van der Waals surface area (Å²) in [7, 11) is 1.87. The van der Waals surface area contributed by atoms with Crippen LogP contribution in [0.3, 0.4) is 0 Å². The topological polar surface area (TPSA) is 114 Å². The molecular weight excluding hydrogens is 759 g/mol. The van der Waals surface area contributed by atoms with E-state index in [1.165, 1.54) is 0 Å². The molecule has 0 aliphatic heterocycles. The highest BCUT2D eigenvalue weighted by Gasteiger charge is 2.32. The van der Waals surface area contributed by atoms with Crippen molar-refractivity contribution in [2.75, 3.05) is 13.2 Å². The summed E-state index contributed by atoms with van der Waals surface area (Å²) in [6.45, 7) is 19.2. The molecule has 0 spiro atoms. The van der Waals surface area contributed by atoms with Crippen LogP contribution in [-0.4, -0.2) is 55.1 Å². The van der Waals surface area contributed by atoms with Gasteiger partial charge >= 0.3 is 11.9 Å². The van der Waals surface area contributed by atoms with E-state index in [9.17, 15) is 9.59 Å². The van der Waals surface area contributed by atoms with Gasteiger partial charge in [-0.1, -0.05) is 72.8 Å². The molecule has 6 rings (SSSR count). The van der Waals surface area contributed by atoms with E-state index in [-0.39, 0.29) is 35.6 Å². The first-order valence-corrected chi connectivity index (χ1v) is 20.6. The first-order valence-electron chi connectivity index (χ1n) is 19.6. The normalized spacial score (nSPS) is 13.5. The van der Waals surface area contributed by atoms with E-state index >= 15 is 0 Å². The minimum atomic E-state index is -0.349. The third-order valence-electron chi connectivity index (χ3n) is 11.1. The molecule has 4 atom stereocenters. The number of carbonyl (C=O) groups excluding carboxylic acids is 2. The van der Waals surface area contributed by atoms with E-state index < -0.39 is 0 Å². The van der Waals surface area contributed by atoms with Crippen LogP contribution in [0, 0.1) is 39.5 Å². The fourth-order valence-corrected chi connectivity index (χ4v) is 8.27. The SMILES string of the molecule is CCOC(=O)C(C)[C@H](c1ccc(C)c(CCl)c1)c1ccc2c(nnn2C)c1C.CCOC(=O)C(C)[C@H](c1ccc(C)c(CCl)c1)c1ccc2c(nnn2CC)c1C. The molecule has 57 heavy (non-hydrogen) atoms. The minimum Gasteiger partial charge on any atom is -0.466 e. The van der Waals surface area contributed by atoms with Gasteiger partial charge in [-0.2, -0.15) is 0 Å². The number of fused-ring (bicyclic) bond motifs is 2. The molecule has 0 amide bonds. The molecule has 0 aliphatic carbocycles. The van der Waals surface area contributed by atoms with Crippen LogP contribution in [0.25, 0.3) is 22.1 Å². The molecule has 0 saturated heterocycles. The number of alkyl halides is 2. The molecule has 0 fully saturated rings. The zero-order chi connectivity index (χ0) is 41.6. The molecule has 2 unspecified atom stereocenters. The molecule has 0 aliphatic rings. The number of hydrogen-bond acceptors (Lipinski definition) is 8. The van der Waals surface area contributed by atoms with Crippen molar-refractivity contribution in [3.8, 4) is 0 Å². The second kappa shape index (κ2) is 19.1. The van der Waals surface area contributed by atoms with Gasteiger partial charge in [0, 0.05) is 37.2 Å². The van der Waals surface area contributed by atoms with Crippen LogP contribution >= 0.6 is 23.2 Å². The largest absolute Gasteiger partial charge is 0.466 e. The van der Waals surface area contributed by atoms with E-state index in [2.05, 4.69) is 69.2 Å². The predicted molar refractivity (Wildman–Crippen MR) is 228 cm³/mol. The summed E-state index contributed by atoms with van der Waals surface area (Å²) in [6.07, 6.45) is 0. The number of carbonyl (C=O) groups is 2. The third-order valence-corrected chi connectivity index (χ3v) is 11.7. The number of hydrogen-bond donors (Lipinski definition) is 0. The van der Waals surface area contributed by atoms with Crippen molar-refractivity contribution in [3.05, 3.63) is 116 Å². The Bertz CT molecular complexity index is 2370. The van der Waals surface area contributed by atoms with Gasteiger partial charge in [-0.25, -0.2) is 9.36 Å². The molecule has 0 radical (unpaired) electrons. The van der Waals surface area contributed by atoms with E-state index in [4.69, 9.17) is 32.7 Å². The first kappa shape index (κ1) is 43.3. The van der Waals surface area contributed by atoms with E-state index in [1.807, 2.05) is 86.2 Å². The molecule has 6 aromatic rings. The number of aromatic nitrogens is 6. The third kappa shape index (κ3) is 9.02. The number of rotatable bonds is 13. The molecule has 302 valence electrons. The van der Waals surface area contributed by atoms with Gasteiger partial charge < -0.3 is 9.47 Å². The van der Waals surface area contributed by atoms with Crippen molar-refractivity contribution in [1.82, 2.24) is 30.0 Å². The predicted octanol–water partition coefficient (Wildman–Crippen LogP) is 9.79. The van der Waals surface area contributed by atoms with Gasteiger partial charge in [-0.3, -0.25) is 9.59 Å². The molecule has 4 aromatic carbocycles. The van der Waals surface area contributed by atoms with Crippen LogP contribution in [0.5, 0.6) is 0 Å². The lowest BCUT2D eigenvalue weighted by molar-refractivity contribution is -0.148. The van der Waals surface area contributed by atoms with Gasteiger partial charge in [0.05, 0.1) is 36.1 Å². The van der Waals surface area contributed by atoms with E-state index in [0.717, 1.165) is 84.2 Å². The number of aryl methyl sites for hydroxylation is 6. The minimum absolute atomic E-state index is 0.159. The van der Waals surface area contributed by atoms with Crippen molar-refractivity contribution < 1.29 is 19.1 Å². The van der Waals surface area contributed by atoms with Crippen LogP contribution in [0.1, 0.15) is 102 Å². The number of ether oxygens (including phenoxy) is 2. The highest BCUT2D eigenvalue weighted by Crippen LogP contribution is 2.39. The summed E-state index contributed by atoms with van der Waals surface area (Å²) in [4.78, 5) is 25.3. The van der Waals surface area contributed by atoms with Crippen molar-refractivity contribution in [1.29, 1.82) is 0 Å². The maximum Gasteiger partial charge on any atom is 0.309 e. The maximum absolute atomic E-state index is 12.7. The molecular formula is C45H54Cl2N6O4. The van der Waals surface area contributed by atoms with Gasteiger partial charge in [0.15, 0.2) is 0 Å². The van der Waals surface area contributed by atoms with E-state index in [0.29, 0.717) is 25.0 Å². The van der Waals surface area contributed by atoms with Crippen LogP contribution in [0.15, 0.2) is 60.7 Å². The molecule has 2 aromatic heterocycles. The van der Waals surface area contributed by atoms with Crippen molar-refractivity contribution in [2.24, 2.45) is 18.9 Å². The lowest BCUT2D eigenvalue weighted by atomic mass is 9.79. The number of nitrogens with zero attached hydrogens (tertiary/aromatic N) is 6. The smallest absolute Gasteiger partial charge is 0.309 e. The lowest BCUT2D eigenvalue weighted by Gasteiger charge is -2.26. The fraction of sp³-hybridized carbons (Fsp3) is 0.422. The molecule has 10 nitrogen and oxygen atoms in total. The molecule has 0 saturated carbocycles. The van der Waals surface area contributed by atoms with Gasteiger partial charge in [-0.15, -0.1) is 33.4 Å². The van der Waals surface area contributed by atoms with Gasteiger partial charge in [0.25, 0.3) is 0 Å². The Labute approximate surface area is 345 Å². The monoisotopic (exact) mass is 812 g/mol. The summed E-state index contributed by atoms with van der Waals surface area (Å²) >= 11 is 12.3. The highest BCUT2D eigenvalue weighted by atomic mass is 35.5. The maximum atomic E-state index is 12.7. The summed E-state index contributed by atoms with van der Waals surface area (Å²) in [5.41, 5.74) is 14.4. The van der Waals surface area contributed by atoms with Crippen molar-refractivity contribution >= 4 is 57.2 Å². The van der Waals surface area contributed by atoms with Crippen LogP contribution < -0.4 is 0 Å². The van der Waals surface area contributed by atoms with Crippen molar-refractivity contribution in [2.45, 2.75) is 92.5 Å². The zero-order valence-electron chi connectivity index (χ0n) is 34.7. The Morgan fingerprint density at radius 1 is 0.649 bits per heavy atom. The number of halogens is 2. The fourth-order valence-electron chi connectivity index (χ4n) is 7.69. The summed E-state index contributed by atoms with van der Waals surface area (Å²) in [5.74, 6) is -0.565. The molecule has 0 bridgehead atoms. The Morgan fingerprint density at radius 3 is 1.53 bits per heavy atom. The number of benzene rings is 4. The Balaban J connectivity index is 0.000000218. The second-order valence-electron chi connectivity index (χ2n) is 14.6.